The van der Waals surface area contributed by atoms with E-state index >= 15 is 0 Å². The first kappa shape index (κ1) is 24.5. The minimum Gasteiger partial charge on any atom is -1.00 e. The Hall–Kier alpha value is 0.530. The van der Waals surface area contributed by atoms with Crippen molar-refractivity contribution in [1.82, 2.24) is 0 Å². The Morgan fingerprint density at radius 1 is 0.579 bits per heavy atom. The molecule has 2 rings (SSSR count). The smallest absolute Gasteiger partial charge is 1.00 e. The van der Waals surface area contributed by atoms with Crippen LogP contribution in [0.3, 0.4) is 0 Å². The van der Waals surface area contributed by atoms with Crippen molar-refractivity contribution in [2.75, 3.05) is 0 Å². The Bertz CT molecular complexity index is 323. The summed E-state index contributed by atoms with van der Waals surface area (Å²) in [7, 11) is 0. The summed E-state index contributed by atoms with van der Waals surface area (Å²) in [6.07, 6.45) is 0. The van der Waals surface area contributed by atoms with Crippen LogP contribution in [-0.2, 0) is 25.8 Å². The first-order valence-corrected chi connectivity index (χ1v) is 6.04. The van der Waals surface area contributed by atoms with Crippen molar-refractivity contribution in [3.63, 3.8) is 0 Å². The summed E-state index contributed by atoms with van der Waals surface area (Å²) < 4.78 is 0. The first-order chi connectivity index (χ1) is 7.61. The van der Waals surface area contributed by atoms with Crippen molar-refractivity contribution >= 4 is 0 Å². The molecule has 0 N–H and O–H groups in total. The van der Waals surface area contributed by atoms with Crippen LogP contribution in [0.25, 0.3) is 0 Å². The Balaban J connectivity index is -0.000000233. The van der Waals surface area contributed by atoms with E-state index in [1.807, 2.05) is 0 Å². The molecule has 0 atom stereocenters. The van der Waals surface area contributed by atoms with E-state index in [1.165, 1.54) is 11.1 Å². The summed E-state index contributed by atoms with van der Waals surface area (Å²) in [6.45, 7) is 8.81. The van der Waals surface area contributed by atoms with E-state index in [-0.39, 0.29) is 59.8 Å². The minimum absolute atomic E-state index is 0. The number of hydrogen-bond acceptors (Lipinski definition) is 0. The average molecular weight is 553 g/mol. The van der Waals surface area contributed by atoms with Gasteiger partial charge in [0.15, 0.2) is 0 Å². The summed E-state index contributed by atoms with van der Waals surface area (Å²) >= 11 is 0. The van der Waals surface area contributed by atoms with E-state index in [0.717, 1.165) is 0 Å². The largest absolute Gasteiger partial charge is 4.00 e. The topological polar surface area (TPSA) is 0 Å². The number of rotatable bonds is 2. The zero-order valence-electron chi connectivity index (χ0n) is 12.0. The molecule has 0 spiro atoms. The fourth-order valence-corrected chi connectivity index (χ4v) is 1.55. The number of hydrogen-bond donors (Lipinski definition) is 0. The van der Waals surface area contributed by atoms with Crippen LogP contribution in [0.1, 0.15) is 50.7 Å². The van der Waals surface area contributed by atoms with Gasteiger partial charge in [-0.25, -0.2) is 24.3 Å². The molecule has 0 unspecified atom stereocenters. The zero-order chi connectivity index (χ0) is 12.0. The Morgan fingerprint density at radius 2 is 0.789 bits per heavy atom. The van der Waals surface area contributed by atoms with Gasteiger partial charge in [-0.2, -0.15) is 35.4 Å². The SMILES string of the molecule is CC(C)[c-]1cccc1.CC(C)[c-]1cccc1.[Br-].[Br-].[Hf+4]. The van der Waals surface area contributed by atoms with Crippen molar-refractivity contribution in [3.8, 4) is 0 Å². The maximum Gasteiger partial charge on any atom is 4.00 e. The van der Waals surface area contributed by atoms with E-state index in [0.29, 0.717) is 11.8 Å². The summed E-state index contributed by atoms with van der Waals surface area (Å²) in [5, 5.41) is 0. The van der Waals surface area contributed by atoms with Crippen LogP contribution in [0.4, 0.5) is 0 Å². The van der Waals surface area contributed by atoms with Gasteiger partial charge >= 0.3 is 25.8 Å². The Kier molecular flexibility index (Phi) is 17.5. The molecule has 0 aliphatic heterocycles. The third kappa shape index (κ3) is 9.97. The third-order valence-electron chi connectivity index (χ3n) is 2.71. The second-order valence-corrected chi connectivity index (χ2v) is 4.75. The van der Waals surface area contributed by atoms with Crippen molar-refractivity contribution < 1.29 is 59.8 Å². The van der Waals surface area contributed by atoms with Gasteiger partial charge in [0.05, 0.1) is 0 Å². The van der Waals surface area contributed by atoms with Crippen molar-refractivity contribution in [2.45, 2.75) is 39.5 Å². The molecule has 2 aromatic carbocycles. The van der Waals surface area contributed by atoms with Crippen LogP contribution in [0, 0.1) is 0 Å². The fraction of sp³-hybridized carbons (Fsp3) is 0.375. The molecule has 0 heterocycles. The van der Waals surface area contributed by atoms with Gasteiger partial charge in [-0.05, 0) is 0 Å². The molecule has 0 aliphatic carbocycles. The van der Waals surface area contributed by atoms with E-state index in [2.05, 4.69) is 76.2 Å². The van der Waals surface area contributed by atoms with Gasteiger partial charge in [0.25, 0.3) is 0 Å². The third-order valence-corrected chi connectivity index (χ3v) is 2.71. The van der Waals surface area contributed by atoms with Gasteiger partial charge in [-0.15, -0.1) is 0 Å². The first-order valence-electron chi connectivity index (χ1n) is 6.04. The molecule has 0 saturated heterocycles. The van der Waals surface area contributed by atoms with E-state index < -0.39 is 0 Å². The molecule has 0 bridgehead atoms. The molecule has 3 heteroatoms. The minimum atomic E-state index is 0. The van der Waals surface area contributed by atoms with Crippen LogP contribution in [0.2, 0.25) is 0 Å². The summed E-state index contributed by atoms with van der Waals surface area (Å²) in [4.78, 5) is 0. The summed E-state index contributed by atoms with van der Waals surface area (Å²) in [5.74, 6) is 1.37. The van der Waals surface area contributed by atoms with Crippen molar-refractivity contribution in [3.05, 3.63) is 59.7 Å². The molecule has 19 heavy (non-hydrogen) atoms. The molecule has 0 nitrogen and oxygen atoms in total. The normalized spacial score (nSPS) is 8.74. The molecule has 0 fully saturated rings. The number of halogens is 2. The standard InChI is InChI=1S/2C8H11.2BrH.Hf/c2*1-7(2)8-5-3-4-6-8;;;/h2*3-7H,1-2H3;2*1H;/q2*-1;;;+4/p-2. The maximum absolute atomic E-state index is 2.20. The predicted molar refractivity (Wildman–Crippen MR) is 72.2 cm³/mol. The van der Waals surface area contributed by atoms with E-state index in [1.54, 1.807) is 0 Å². The molecule has 0 radical (unpaired) electrons. The molecular formula is C16H22Br2Hf. The molecule has 0 saturated carbocycles. The molecule has 0 aliphatic rings. The average Bonchev–Trinajstić information content (AvgIpc) is 2.93. The molecule has 0 aromatic heterocycles. The predicted octanol–water partition coefficient (Wildman–Crippen LogP) is -0.937. The van der Waals surface area contributed by atoms with E-state index in [4.69, 9.17) is 0 Å². The van der Waals surface area contributed by atoms with Gasteiger partial charge in [-0.3, -0.25) is 0 Å². The van der Waals surface area contributed by atoms with Crippen LogP contribution < -0.4 is 34.0 Å². The monoisotopic (exact) mass is 552 g/mol. The van der Waals surface area contributed by atoms with Crippen LogP contribution in [0.5, 0.6) is 0 Å². The van der Waals surface area contributed by atoms with E-state index in [9.17, 15) is 0 Å². The second-order valence-electron chi connectivity index (χ2n) is 4.75. The van der Waals surface area contributed by atoms with Crippen LogP contribution in [-0.4, -0.2) is 0 Å². The Labute approximate surface area is 158 Å². The molecular weight excluding hydrogens is 530 g/mol. The van der Waals surface area contributed by atoms with Gasteiger partial charge in [-0.1, -0.05) is 39.5 Å². The molecule has 104 valence electrons. The van der Waals surface area contributed by atoms with Gasteiger partial charge in [0, 0.05) is 0 Å². The van der Waals surface area contributed by atoms with Crippen molar-refractivity contribution in [1.29, 1.82) is 0 Å². The Morgan fingerprint density at radius 3 is 0.895 bits per heavy atom. The van der Waals surface area contributed by atoms with Crippen molar-refractivity contribution in [2.24, 2.45) is 0 Å². The fourth-order valence-electron chi connectivity index (χ4n) is 1.55. The molecule has 2 aromatic rings. The van der Waals surface area contributed by atoms with Crippen LogP contribution in [0.15, 0.2) is 48.5 Å². The van der Waals surface area contributed by atoms with Gasteiger partial charge in [0.2, 0.25) is 0 Å². The van der Waals surface area contributed by atoms with Gasteiger partial charge < -0.3 is 34.0 Å². The molecule has 0 amide bonds. The van der Waals surface area contributed by atoms with Crippen LogP contribution >= 0.6 is 0 Å². The zero-order valence-corrected chi connectivity index (χ0v) is 18.8. The van der Waals surface area contributed by atoms with Gasteiger partial charge in [0.1, 0.15) is 0 Å². The summed E-state index contributed by atoms with van der Waals surface area (Å²) in [5.41, 5.74) is 2.87. The quantitative estimate of drug-likeness (QED) is 0.334. The second kappa shape index (κ2) is 13.5. The summed E-state index contributed by atoms with van der Waals surface area (Å²) in [6, 6.07) is 16.9. The maximum atomic E-state index is 2.20.